The molecule has 0 saturated heterocycles. The third-order valence-electron chi connectivity index (χ3n) is 3.13. The van der Waals surface area contributed by atoms with Crippen LogP contribution in [0.4, 0.5) is 0 Å². The van der Waals surface area contributed by atoms with Gasteiger partial charge >= 0.3 is 0 Å². The highest BCUT2D eigenvalue weighted by Gasteiger charge is 2.19. The number of hydrogen-bond acceptors (Lipinski definition) is 3. The molecule has 1 atom stereocenters. The second-order valence-corrected chi connectivity index (χ2v) is 4.70. The van der Waals surface area contributed by atoms with Gasteiger partial charge < -0.3 is 15.4 Å². The highest BCUT2D eigenvalue weighted by Crippen LogP contribution is 2.06. The lowest BCUT2D eigenvalue weighted by atomic mass is 10.0. The molecule has 0 radical (unpaired) electrons. The van der Waals surface area contributed by atoms with E-state index in [2.05, 4.69) is 6.58 Å². The molecular formula is C16H24N2O2. The van der Waals surface area contributed by atoms with Crippen molar-refractivity contribution in [3.63, 3.8) is 0 Å². The zero-order valence-electron chi connectivity index (χ0n) is 12.1. The molecule has 110 valence electrons. The van der Waals surface area contributed by atoms with Gasteiger partial charge in [-0.3, -0.25) is 4.79 Å². The van der Waals surface area contributed by atoms with Gasteiger partial charge in [0.25, 0.3) is 0 Å². The number of carbonyl (C=O) groups excluding carboxylic acids is 1. The van der Waals surface area contributed by atoms with Gasteiger partial charge in [-0.25, -0.2) is 0 Å². The Morgan fingerprint density at radius 3 is 2.75 bits per heavy atom. The predicted molar refractivity (Wildman–Crippen MR) is 81.4 cm³/mol. The van der Waals surface area contributed by atoms with E-state index in [-0.39, 0.29) is 5.91 Å². The third-order valence-corrected chi connectivity index (χ3v) is 3.13. The van der Waals surface area contributed by atoms with E-state index < -0.39 is 6.04 Å². The van der Waals surface area contributed by atoms with Crippen molar-refractivity contribution in [2.45, 2.75) is 18.9 Å². The Morgan fingerprint density at radius 1 is 1.45 bits per heavy atom. The maximum absolute atomic E-state index is 12.3. The number of benzene rings is 1. The van der Waals surface area contributed by atoms with Crippen LogP contribution in [0.3, 0.4) is 0 Å². The van der Waals surface area contributed by atoms with Crippen molar-refractivity contribution in [3.8, 4) is 0 Å². The molecule has 1 rings (SSSR count). The number of rotatable bonds is 9. The summed E-state index contributed by atoms with van der Waals surface area (Å²) in [4.78, 5) is 13.9. The van der Waals surface area contributed by atoms with Gasteiger partial charge in [0.2, 0.25) is 5.91 Å². The lowest BCUT2D eigenvalue weighted by molar-refractivity contribution is -0.132. The van der Waals surface area contributed by atoms with Gasteiger partial charge in [0.1, 0.15) is 0 Å². The lowest BCUT2D eigenvalue weighted by Crippen LogP contribution is -2.45. The Labute approximate surface area is 121 Å². The van der Waals surface area contributed by atoms with Crippen molar-refractivity contribution in [3.05, 3.63) is 48.6 Å². The molecule has 0 fully saturated rings. The molecule has 20 heavy (non-hydrogen) atoms. The second kappa shape index (κ2) is 9.28. The van der Waals surface area contributed by atoms with Gasteiger partial charge in [-0.1, -0.05) is 36.4 Å². The van der Waals surface area contributed by atoms with Crippen LogP contribution in [-0.4, -0.2) is 43.7 Å². The molecule has 0 bridgehead atoms. The molecule has 0 aliphatic carbocycles. The summed E-state index contributed by atoms with van der Waals surface area (Å²) in [5.74, 6) is -0.0436. The number of ether oxygens (including phenoxy) is 1. The van der Waals surface area contributed by atoms with Gasteiger partial charge in [0.05, 0.1) is 12.6 Å². The second-order valence-electron chi connectivity index (χ2n) is 4.70. The molecule has 4 heteroatoms. The summed E-state index contributed by atoms with van der Waals surface area (Å²) in [7, 11) is 1.62. The normalized spacial score (nSPS) is 11.9. The number of aryl methyl sites for hydroxylation is 1. The molecule has 4 nitrogen and oxygen atoms in total. The number of amides is 1. The molecule has 0 unspecified atom stereocenters. The van der Waals surface area contributed by atoms with Crippen molar-refractivity contribution in [2.75, 3.05) is 26.8 Å². The van der Waals surface area contributed by atoms with Crippen LogP contribution in [0.1, 0.15) is 12.0 Å². The molecule has 0 aliphatic rings. The summed E-state index contributed by atoms with van der Waals surface area (Å²) < 4.78 is 5.01. The molecular weight excluding hydrogens is 252 g/mol. The van der Waals surface area contributed by atoms with Crippen LogP contribution in [0.2, 0.25) is 0 Å². The summed E-state index contributed by atoms with van der Waals surface area (Å²) in [5.41, 5.74) is 7.20. The van der Waals surface area contributed by atoms with Crippen LogP contribution in [0.15, 0.2) is 43.0 Å². The fraction of sp³-hybridized carbons (Fsp3) is 0.438. The molecule has 1 aromatic rings. The van der Waals surface area contributed by atoms with E-state index >= 15 is 0 Å². The van der Waals surface area contributed by atoms with Gasteiger partial charge in [-0.05, 0) is 18.4 Å². The number of nitrogens with zero attached hydrogens (tertiary/aromatic N) is 1. The summed E-state index contributed by atoms with van der Waals surface area (Å²) in [6.07, 6.45) is 3.15. The number of methoxy groups -OCH3 is 1. The van der Waals surface area contributed by atoms with Gasteiger partial charge in [-0.15, -0.1) is 6.58 Å². The molecule has 0 aromatic heterocycles. The predicted octanol–water partition coefficient (Wildman–Crippen LogP) is 1.61. The largest absolute Gasteiger partial charge is 0.383 e. The van der Waals surface area contributed by atoms with Gasteiger partial charge in [0.15, 0.2) is 0 Å². The quantitative estimate of drug-likeness (QED) is 0.697. The van der Waals surface area contributed by atoms with Crippen molar-refractivity contribution in [1.29, 1.82) is 0 Å². The standard InChI is InChI=1S/C16H24N2O2/c1-3-11-18(12-13-20-2)16(19)15(17)10-9-14-7-5-4-6-8-14/h3-8,15H,1,9-13,17H2,2H3/t15-/m0/s1. The highest BCUT2D eigenvalue weighted by atomic mass is 16.5. The Hall–Kier alpha value is -1.65. The zero-order chi connectivity index (χ0) is 14.8. The number of nitrogens with two attached hydrogens (primary N) is 1. The molecule has 0 aliphatic heterocycles. The van der Waals surface area contributed by atoms with Gasteiger partial charge in [0, 0.05) is 20.2 Å². The molecule has 0 heterocycles. The van der Waals surface area contributed by atoms with E-state index in [1.54, 1.807) is 18.1 Å². The van der Waals surface area contributed by atoms with E-state index in [4.69, 9.17) is 10.5 Å². The lowest BCUT2D eigenvalue weighted by Gasteiger charge is -2.24. The van der Waals surface area contributed by atoms with Gasteiger partial charge in [-0.2, -0.15) is 0 Å². The maximum Gasteiger partial charge on any atom is 0.239 e. The average Bonchev–Trinajstić information content (AvgIpc) is 2.49. The SMILES string of the molecule is C=CCN(CCOC)C(=O)[C@@H](N)CCc1ccccc1. The van der Waals surface area contributed by atoms with Crippen LogP contribution in [0.5, 0.6) is 0 Å². The Morgan fingerprint density at radius 2 is 2.15 bits per heavy atom. The first-order valence-electron chi connectivity index (χ1n) is 6.87. The van der Waals surface area contributed by atoms with Crippen LogP contribution >= 0.6 is 0 Å². The Kier molecular flexibility index (Phi) is 7.62. The third kappa shape index (κ3) is 5.55. The topological polar surface area (TPSA) is 55.6 Å². The Bertz CT molecular complexity index is 406. The van der Waals surface area contributed by atoms with E-state index in [1.807, 2.05) is 30.3 Å². The minimum absolute atomic E-state index is 0.0436. The van der Waals surface area contributed by atoms with Crippen molar-refractivity contribution in [2.24, 2.45) is 5.73 Å². The summed E-state index contributed by atoms with van der Waals surface area (Å²) in [6, 6.07) is 9.57. The highest BCUT2D eigenvalue weighted by molar-refractivity contribution is 5.81. The average molecular weight is 276 g/mol. The first-order valence-corrected chi connectivity index (χ1v) is 6.87. The first-order chi connectivity index (χ1) is 9.69. The monoisotopic (exact) mass is 276 g/mol. The van der Waals surface area contributed by atoms with Crippen LogP contribution < -0.4 is 5.73 Å². The minimum Gasteiger partial charge on any atom is -0.383 e. The molecule has 1 aromatic carbocycles. The number of carbonyl (C=O) groups is 1. The molecule has 0 saturated carbocycles. The van der Waals surface area contributed by atoms with Crippen molar-refractivity contribution >= 4 is 5.91 Å². The summed E-state index contributed by atoms with van der Waals surface area (Å²) in [5, 5.41) is 0. The number of hydrogen-bond donors (Lipinski definition) is 1. The maximum atomic E-state index is 12.3. The summed E-state index contributed by atoms with van der Waals surface area (Å²) >= 11 is 0. The molecule has 1 amide bonds. The zero-order valence-corrected chi connectivity index (χ0v) is 12.1. The van der Waals surface area contributed by atoms with E-state index in [0.717, 1.165) is 6.42 Å². The summed E-state index contributed by atoms with van der Waals surface area (Å²) in [6.45, 7) is 5.22. The minimum atomic E-state index is -0.480. The van der Waals surface area contributed by atoms with E-state index in [0.29, 0.717) is 26.1 Å². The van der Waals surface area contributed by atoms with E-state index in [1.165, 1.54) is 5.56 Å². The fourth-order valence-corrected chi connectivity index (χ4v) is 1.97. The fourth-order valence-electron chi connectivity index (χ4n) is 1.97. The smallest absolute Gasteiger partial charge is 0.239 e. The molecule has 2 N–H and O–H groups in total. The molecule has 0 spiro atoms. The van der Waals surface area contributed by atoms with Crippen LogP contribution in [0, 0.1) is 0 Å². The van der Waals surface area contributed by atoms with E-state index in [9.17, 15) is 4.79 Å². The first kappa shape index (κ1) is 16.4. The Balaban J connectivity index is 2.48. The van der Waals surface area contributed by atoms with Crippen molar-refractivity contribution in [1.82, 2.24) is 4.90 Å². The van der Waals surface area contributed by atoms with Crippen molar-refractivity contribution < 1.29 is 9.53 Å². The van der Waals surface area contributed by atoms with Crippen LogP contribution in [0.25, 0.3) is 0 Å². The van der Waals surface area contributed by atoms with Crippen LogP contribution in [-0.2, 0) is 16.0 Å².